The van der Waals surface area contributed by atoms with Crippen molar-refractivity contribution in [3.8, 4) is 0 Å². The van der Waals surface area contributed by atoms with E-state index in [9.17, 15) is 9.18 Å². The van der Waals surface area contributed by atoms with Gasteiger partial charge in [-0.25, -0.2) is 9.07 Å². The van der Waals surface area contributed by atoms with Crippen LogP contribution in [-0.2, 0) is 4.79 Å². The third kappa shape index (κ3) is 3.03. The molecule has 26 heavy (non-hydrogen) atoms. The lowest BCUT2D eigenvalue weighted by Crippen LogP contribution is -2.41. The van der Waals surface area contributed by atoms with E-state index in [2.05, 4.69) is 20.9 Å². The number of anilines is 1. The number of benzene rings is 2. The molecule has 3 aromatic rings. The summed E-state index contributed by atoms with van der Waals surface area (Å²) in [7, 11) is 0. The molecule has 4 rings (SSSR count). The van der Waals surface area contributed by atoms with Gasteiger partial charge in [0.1, 0.15) is 16.9 Å². The zero-order chi connectivity index (χ0) is 18.1. The minimum absolute atomic E-state index is 0.160. The molecule has 2 aromatic carbocycles. The molecule has 0 spiro atoms. The van der Waals surface area contributed by atoms with Crippen molar-refractivity contribution < 1.29 is 9.18 Å². The number of hydrogen-bond donors (Lipinski definition) is 2. The summed E-state index contributed by atoms with van der Waals surface area (Å²) < 4.78 is 15.7. The minimum atomic E-state index is -0.534. The summed E-state index contributed by atoms with van der Waals surface area (Å²) in [5.74, 6) is -0.0559. The molecule has 1 amide bonds. The zero-order valence-corrected chi connectivity index (χ0v) is 14.7. The quantitative estimate of drug-likeness (QED) is 0.742. The van der Waals surface area contributed by atoms with Crippen LogP contribution in [0.4, 0.5) is 10.1 Å². The summed E-state index contributed by atoms with van der Waals surface area (Å²) in [6.45, 7) is 1.84. The van der Waals surface area contributed by atoms with Crippen LogP contribution in [0, 0.1) is 12.7 Å². The van der Waals surface area contributed by atoms with Gasteiger partial charge in [0.2, 0.25) is 11.1 Å². The zero-order valence-electron chi connectivity index (χ0n) is 13.9. The van der Waals surface area contributed by atoms with Gasteiger partial charge < -0.3 is 10.7 Å². The summed E-state index contributed by atoms with van der Waals surface area (Å²) in [6, 6.07) is 15.5. The largest absolute Gasteiger partial charge is 0.323 e. The summed E-state index contributed by atoms with van der Waals surface area (Å²) in [5, 5.41) is 10.9. The first kappa shape index (κ1) is 16.6. The molecule has 132 valence electrons. The maximum atomic E-state index is 13.9. The van der Waals surface area contributed by atoms with Gasteiger partial charge in [0.25, 0.3) is 0 Å². The molecule has 0 aliphatic carbocycles. The first-order chi connectivity index (χ1) is 12.6. The van der Waals surface area contributed by atoms with E-state index in [0.29, 0.717) is 11.0 Å². The van der Waals surface area contributed by atoms with Gasteiger partial charge in [-0.2, -0.15) is 0 Å². The summed E-state index contributed by atoms with van der Waals surface area (Å²) in [5.41, 5.74) is 4.42. The summed E-state index contributed by atoms with van der Waals surface area (Å²) in [4.78, 5) is 12.9. The van der Waals surface area contributed by atoms with Crippen LogP contribution in [0.2, 0.25) is 0 Å². The number of nitrogens with one attached hydrogen (secondary N) is 2. The second-order valence-electron chi connectivity index (χ2n) is 5.89. The average molecular weight is 369 g/mol. The monoisotopic (exact) mass is 369 g/mol. The Balaban J connectivity index is 1.67. The number of amides is 1. The molecule has 8 heteroatoms. The van der Waals surface area contributed by atoms with Gasteiger partial charge >= 0.3 is 0 Å². The van der Waals surface area contributed by atoms with Gasteiger partial charge in [-0.1, -0.05) is 54.2 Å². The van der Waals surface area contributed by atoms with Crippen LogP contribution >= 0.6 is 11.8 Å². The van der Waals surface area contributed by atoms with Crippen molar-refractivity contribution in [3.05, 3.63) is 71.8 Å². The lowest BCUT2D eigenvalue weighted by Gasteiger charge is -2.32. The molecule has 2 atom stereocenters. The highest BCUT2D eigenvalue weighted by molar-refractivity contribution is 8.00. The highest BCUT2D eigenvalue weighted by Crippen LogP contribution is 2.37. The van der Waals surface area contributed by atoms with Crippen LogP contribution in [0.25, 0.3) is 0 Å². The fraction of sp³-hybridized carbons (Fsp3) is 0.167. The summed E-state index contributed by atoms with van der Waals surface area (Å²) >= 11 is 1.31. The Labute approximate surface area is 153 Å². The van der Waals surface area contributed by atoms with Crippen LogP contribution in [-0.4, -0.2) is 26.0 Å². The van der Waals surface area contributed by atoms with Crippen molar-refractivity contribution >= 4 is 23.4 Å². The van der Waals surface area contributed by atoms with Gasteiger partial charge in [-0.15, -0.1) is 10.2 Å². The number of nitrogens with zero attached hydrogens (tertiary/aromatic N) is 3. The van der Waals surface area contributed by atoms with Gasteiger partial charge in [-0.3, -0.25) is 4.79 Å². The van der Waals surface area contributed by atoms with Gasteiger partial charge in [0.05, 0.1) is 11.7 Å². The molecule has 2 heterocycles. The molecule has 6 nitrogen and oxygen atoms in total. The van der Waals surface area contributed by atoms with Gasteiger partial charge in [0, 0.05) is 0 Å². The van der Waals surface area contributed by atoms with Crippen LogP contribution < -0.4 is 10.7 Å². The molecular weight excluding hydrogens is 353 g/mol. The van der Waals surface area contributed by atoms with E-state index in [1.807, 2.05) is 37.3 Å². The van der Waals surface area contributed by atoms with E-state index in [-0.39, 0.29) is 17.6 Å². The molecule has 0 fully saturated rings. The standard InChI is InChI=1S/C18H16FN5OS/c1-11-21-22-18-24(11)23-15(12-7-3-2-4-8-12)16(26-18)17(25)20-14-10-6-5-9-13(14)19/h2-10,15-16,23H,1H3,(H,20,25)/t15-,16-/m1/s1. The maximum Gasteiger partial charge on any atom is 0.240 e. The van der Waals surface area contributed by atoms with Gasteiger partial charge in [-0.05, 0) is 24.6 Å². The molecule has 0 saturated carbocycles. The van der Waals surface area contributed by atoms with Crippen molar-refractivity contribution in [1.29, 1.82) is 0 Å². The first-order valence-electron chi connectivity index (χ1n) is 8.09. The van der Waals surface area contributed by atoms with E-state index in [1.54, 1.807) is 22.9 Å². The SMILES string of the molecule is Cc1nnc2n1N[C@H](c1ccccc1)[C@H](C(=O)Nc1ccccc1F)S2. The van der Waals surface area contributed by atoms with E-state index >= 15 is 0 Å². The smallest absolute Gasteiger partial charge is 0.240 e. The molecular formula is C18H16FN5OS. The second-order valence-corrected chi connectivity index (χ2v) is 7.00. The number of thioether (sulfide) groups is 1. The molecule has 1 aliphatic rings. The van der Waals surface area contributed by atoms with Crippen molar-refractivity contribution in [2.75, 3.05) is 10.7 Å². The number of fused-ring (bicyclic) bond motifs is 1. The average Bonchev–Trinajstić information content (AvgIpc) is 3.03. The Morgan fingerprint density at radius 3 is 2.65 bits per heavy atom. The lowest BCUT2D eigenvalue weighted by molar-refractivity contribution is -0.116. The van der Waals surface area contributed by atoms with E-state index in [4.69, 9.17) is 0 Å². The predicted octanol–water partition coefficient (Wildman–Crippen LogP) is 3.12. The third-order valence-corrected chi connectivity index (χ3v) is 5.36. The molecule has 0 unspecified atom stereocenters. The lowest BCUT2D eigenvalue weighted by atomic mass is 10.0. The minimum Gasteiger partial charge on any atom is -0.323 e. The Morgan fingerprint density at radius 2 is 1.88 bits per heavy atom. The first-order valence-corrected chi connectivity index (χ1v) is 8.97. The number of rotatable bonds is 3. The molecule has 2 N–H and O–H groups in total. The Bertz CT molecular complexity index is 946. The number of carbonyl (C=O) groups is 1. The molecule has 0 saturated heterocycles. The van der Waals surface area contributed by atoms with Crippen molar-refractivity contribution in [2.24, 2.45) is 0 Å². The third-order valence-electron chi connectivity index (χ3n) is 4.15. The second kappa shape index (κ2) is 6.80. The van der Waals surface area contributed by atoms with E-state index in [0.717, 1.165) is 5.56 Å². The van der Waals surface area contributed by atoms with Crippen LogP contribution in [0.1, 0.15) is 17.4 Å². The van der Waals surface area contributed by atoms with Crippen molar-refractivity contribution in [2.45, 2.75) is 23.4 Å². The van der Waals surface area contributed by atoms with Crippen LogP contribution in [0.3, 0.4) is 0 Å². The van der Waals surface area contributed by atoms with Gasteiger partial charge in [0.15, 0.2) is 0 Å². The highest BCUT2D eigenvalue weighted by Gasteiger charge is 2.37. The van der Waals surface area contributed by atoms with Crippen LogP contribution in [0.5, 0.6) is 0 Å². The summed E-state index contributed by atoms with van der Waals surface area (Å²) in [6.07, 6.45) is 0. The Morgan fingerprint density at radius 1 is 1.15 bits per heavy atom. The van der Waals surface area contributed by atoms with Crippen molar-refractivity contribution in [3.63, 3.8) is 0 Å². The highest BCUT2D eigenvalue weighted by atomic mass is 32.2. The van der Waals surface area contributed by atoms with Crippen LogP contribution in [0.15, 0.2) is 59.8 Å². The number of para-hydroxylation sites is 1. The maximum absolute atomic E-state index is 13.9. The van der Waals surface area contributed by atoms with E-state index < -0.39 is 11.1 Å². The number of carbonyl (C=O) groups excluding carboxylic acids is 1. The number of hydrogen-bond acceptors (Lipinski definition) is 5. The molecule has 0 bridgehead atoms. The molecule has 1 aliphatic heterocycles. The number of aryl methyl sites for hydroxylation is 1. The number of halogens is 1. The Hall–Kier alpha value is -2.87. The fourth-order valence-corrected chi connectivity index (χ4v) is 3.96. The molecule has 0 radical (unpaired) electrons. The molecule has 1 aromatic heterocycles. The normalized spacial score (nSPS) is 18.7. The van der Waals surface area contributed by atoms with Crippen molar-refractivity contribution in [1.82, 2.24) is 14.9 Å². The Kier molecular flexibility index (Phi) is 4.34. The predicted molar refractivity (Wildman–Crippen MR) is 98.0 cm³/mol. The van der Waals surface area contributed by atoms with E-state index in [1.165, 1.54) is 17.8 Å². The number of aromatic nitrogens is 3. The fourth-order valence-electron chi connectivity index (χ4n) is 2.84. The topological polar surface area (TPSA) is 71.8 Å².